The molecular weight excluding hydrogens is 282 g/mol. The van der Waals surface area contributed by atoms with Crippen molar-refractivity contribution in [3.63, 3.8) is 0 Å². The average Bonchev–Trinajstić information content (AvgIpc) is 3.39. The van der Waals surface area contributed by atoms with Crippen molar-refractivity contribution in [2.75, 3.05) is 7.11 Å². The van der Waals surface area contributed by atoms with Crippen molar-refractivity contribution in [1.29, 1.82) is 0 Å². The molecule has 1 aromatic heterocycles. The normalized spacial score (nSPS) is 13.5. The number of nitrogens with zero attached hydrogens (tertiary/aromatic N) is 1. The van der Waals surface area contributed by atoms with Crippen LogP contribution in [0.15, 0.2) is 42.5 Å². The zero-order valence-corrected chi connectivity index (χ0v) is 12.1. The summed E-state index contributed by atoms with van der Waals surface area (Å²) in [7, 11) is 1.29. The van der Waals surface area contributed by atoms with Crippen LogP contribution in [-0.4, -0.2) is 23.8 Å². The van der Waals surface area contributed by atoms with E-state index in [4.69, 9.17) is 9.47 Å². The van der Waals surface area contributed by atoms with Crippen LogP contribution >= 0.6 is 0 Å². The first-order valence-corrected chi connectivity index (χ1v) is 7.05. The first kappa shape index (κ1) is 14.3. The van der Waals surface area contributed by atoms with E-state index in [1.54, 1.807) is 18.2 Å². The van der Waals surface area contributed by atoms with Gasteiger partial charge < -0.3 is 9.47 Å². The predicted octanol–water partition coefficient (Wildman–Crippen LogP) is 3.25. The fraction of sp³-hybridized carbons (Fsp3) is 0.235. The number of aromatic nitrogens is 1. The molecule has 1 aliphatic rings. The van der Waals surface area contributed by atoms with Gasteiger partial charge in [-0.3, -0.25) is 4.79 Å². The zero-order chi connectivity index (χ0) is 15.5. The predicted molar refractivity (Wildman–Crippen MR) is 79.1 cm³/mol. The van der Waals surface area contributed by atoms with Crippen molar-refractivity contribution in [3.8, 4) is 11.6 Å². The van der Waals surface area contributed by atoms with E-state index in [1.165, 1.54) is 13.2 Å². The summed E-state index contributed by atoms with van der Waals surface area (Å²) in [5.74, 6) is 0.125. The number of para-hydroxylation sites is 1. The van der Waals surface area contributed by atoms with Crippen molar-refractivity contribution in [2.24, 2.45) is 5.92 Å². The smallest absolute Gasteiger partial charge is 0.343 e. The molecule has 1 heterocycles. The lowest BCUT2D eigenvalue weighted by molar-refractivity contribution is 0.0596. The maximum absolute atomic E-state index is 12.1. The van der Waals surface area contributed by atoms with Gasteiger partial charge in [-0.1, -0.05) is 18.2 Å². The second kappa shape index (κ2) is 5.97. The van der Waals surface area contributed by atoms with E-state index < -0.39 is 5.97 Å². The number of ketones is 1. The van der Waals surface area contributed by atoms with Crippen LogP contribution in [0.25, 0.3) is 0 Å². The molecule has 0 aliphatic heterocycles. The van der Waals surface area contributed by atoms with Crippen LogP contribution in [0, 0.1) is 5.92 Å². The van der Waals surface area contributed by atoms with Crippen LogP contribution in [0.4, 0.5) is 0 Å². The molecule has 1 aliphatic carbocycles. The first-order chi connectivity index (χ1) is 10.7. The number of pyridine rings is 1. The molecule has 0 amide bonds. The number of hydrogen-bond acceptors (Lipinski definition) is 5. The lowest BCUT2D eigenvalue weighted by Crippen LogP contribution is -2.10. The van der Waals surface area contributed by atoms with Gasteiger partial charge in [0.15, 0.2) is 5.78 Å². The van der Waals surface area contributed by atoms with E-state index in [0.717, 1.165) is 12.8 Å². The van der Waals surface area contributed by atoms with Gasteiger partial charge in [-0.2, -0.15) is 0 Å². The van der Waals surface area contributed by atoms with Gasteiger partial charge in [0.05, 0.1) is 7.11 Å². The number of carbonyl (C=O) groups excluding carboxylic acids is 2. The number of hydrogen-bond donors (Lipinski definition) is 0. The molecule has 0 radical (unpaired) electrons. The largest absolute Gasteiger partial charge is 0.465 e. The molecule has 1 aromatic carbocycles. The fourth-order valence-corrected chi connectivity index (χ4v) is 2.08. The Bertz CT molecular complexity index is 708. The highest BCUT2D eigenvalue weighted by Gasteiger charge is 2.32. The van der Waals surface area contributed by atoms with Gasteiger partial charge in [0.1, 0.15) is 17.0 Å². The number of rotatable bonds is 5. The summed E-state index contributed by atoms with van der Waals surface area (Å²) in [4.78, 5) is 28.2. The Labute approximate surface area is 127 Å². The van der Waals surface area contributed by atoms with Gasteiger partial charge in [-0.15, -0.1) is 0 Å². The number of benzene rings is 1. The average molecular weight is 297 g/mol. The summed E-state index contributed by atoms with van der Waals surface area (Å²) < 4.78 is 10.4. The minimum absolute atomic E-state index is 0.00525. The lowest BCUT2D eigenvalue weighted by Gasteiger charge is -2.10. The van der Waals surface area contributed by atoms with Crippen LogP contribution in [0.5, 0.6) is 11.6 Å². The molecule has 0 spiro atoms. The number of methoxy groups -OCH3 is 1. The minimum Gasteiger partial charge on any atom is -0.465 e. The summed E-state index contributed by atoms with van der Waals surface area (Å²) in [6.45, 7) is 0. The summed E-state index contributed by atoms with van der Waals surface area (Å²) in [5.41, 5.74) is 0.514. The van der Waals surface area contributed by atoms with E-state index in [1.807, 2.05) is 18.2 Å². The maximum atomic E-state index is 12.1. The van der Waals surface area contributed by atoms with Crippen molar-refractivity contribution in [2.45, 2.75) is 12.8 Å². The summed E-state index contributed by atoms with van der Waals surface area (Å²) in [6.07, 6.45) is 1.79. The van der Waals surface area contributed by atoms with Crippen molar-refractivity contribution in [1.82, 2.24) is 4.98 Å². The Morgan fingerprint density at radius 3 is 2.45 bits per heavy atom. The van der Waals surface area contributed by atoms with Crippen molar-refractivity contribution in [3.05, 3.63) is 53.7 Å². The van der Waals surface area contributed by atoms with Crippen molar-refractivity contribution < 1.29 is 19.1 Å². The molecule has 22 heavy (non-hydrogen) atoms. The monoisotopic (exact) mass is 297 g/mol. The highest BCUT2D eigenvalue weighted by Crippen LogP contribution is 2.33. The van der Waals surface area contributed by atoms with E-state index in [-0.39, 0.29) is 23.1 Å². The minimum atomic E-state index is -0.552. The van der Waals surface area contributed by atoms with Crippen LogP contribution in [-0.2, 0) is 4.74 Å². The SMILES string of the molecule is COC(=O)c1ccc(C(=O)C2CC2)nc1Oc1ccccc1. The van der Waals surface area contributed by atoms with Crippen molar-refractivity contribution >= 4 is 11.8 Å². The summed E-state index contributed by atoms with van der Waals surface area (Å²) in [5, 5.41) is 0. The Morgan fingerprint density at radius 1 is 1.09 bits per heavy atom. The van der Waals surface area contributed by atoms with Gasteiger partial charge in [-0.05, 0) is 37.1 Å². The Morgan fingerprint density at radius 2 is 1.82 bits per heavy atom. The lowest BCUT2D eigenvalue weighted by atomic mass is 10.1. The van der Waals surface area contributed by atoms with E-state index in [2.05, 4.69) is 4.98 Å². The molecule has 5 heteroatoms. The molecule has 112 valence electrons. The molecule has 0 atom stereocenters. The molecule has 3 rings (SSSR count). The number of carbonyl (C=O) groups is 2. The van der Waals surface area contributed by atoms with E-state index in [9.17, 15) is 9.59 Å². The molecule has 0 N–H and O–H groups in total. The second-order valence-corrected chi connectivity index (χ2v) is 5.09. The molecule has 5 nitrogen and oxygen atoms in total. The second-order valence-electron chi connectivity index (χ2n) is 5.09. The van der Waals surface area contributed by atoms with Crippen LogP contribution in [0.3, 0.4) is 0 Å². The highest BCUT2D eigenvalue weighted by atomic mass is 16.5. The van der Waals surface area contributed by atoms with E-state index >= 15 is 0 Å². The van der Waals surface area contributed by atoms with Crippen LogP contribution in [0.1, 0.15) is 33.7 Å². The zero-order valence-electron chi connectivity index (χ0n) is 12.1. The Kier molecular flexibility index (Phi) is 3.87. The standard InChI is InChI=1S/C17H15NO4/c1-21-17(20)13-9-10-14(15(19)11-7-8-11)18-16(13)22-12-5-3-2-4-6-12/h2-6,9-11H,7-8H2,1H3. The number of ether oxygens (including phenoxy) is 2. The summed E-state index contributed by atoms with van der Waals surface area (Å²) >= 11 is 0. The number of Topliss-reactive ketones (excluding diaryl/α,β-unsaturated/α-hetero) is 1. The Balaban J connectivity index is 1.96. The molecule has 0 bridgehead atoms. The Hall–Kier alpha value is -2.69. The molecule has 0 unspecified atom stereocenters. The third-order valence-electron chi connectivity index (χ3n) is 3.42. The quantitative estimate of drug-likeness (QED) is 0.626. The topological polar surface area (TPSA) is 65.5 Å². The third-order valence-corrected chi connectivity index (χ3v) is 3.42. The molecule has 1 saturated carbocycles. The molecule has 2 aromatic rings. The van der Waals surface area contributed by atoms with Crippen LogP contribution in [0.2, 0.25) is 0 Å². The van der Waals surface area contributed by atoms with Crippen LogP contribution < -0.4 is 4.74 Å². The van der Waals surface area contributed by atoms with Gasteiger partial charge in [0, 0.05) is 5.92 Å². The highest BCUT2D eigenvalue weighted by molar-refractivity contribution is 5.99. The maximum Gasteiger partial charge on any atom is 0.343 e. The van der Waals surface area contributed by atoms with Gasteiger partial charge in [0.25, 0.3) is 0 Å². The molecular formula is C17H15NO4. The number of esters is 1. The molecule has 1 fully saturated rings. The van der Waals surface area contributed by atoms with Gasteiger partial charge in [-0.25, -0.2) is 9.78 Å². The van der Waals surface area contributed by atoms with Gasteiger partial charge >= 0.3 is 5.97 Å². The van der Waals surface area contributed by atoms with Gasteiger partial charge in [0.2, 0.25) is 5.88 Å². The third kappa shape index (κ3) is 2.98. The molecule has 0 saturated heterocycles. The van der Waals surface area contributed by atoms with E-state index in [0.29, 0.717) is 11.4 Å². The summed E-state index contributed by atoms with van der Waals surface area (Å²) in [6, 6.07) is 12.0. The fourth-order valence-electron chi connectivity index (χ4n) is 2.08. The first-order valence-electron chi connectivity index (χ1n) is 7.05.